The first-order valence-corrected chi connectivity index (χ1v) is 7.47. The van der Waals surface area contributed by atoms with E-state index < -0.39 is 23.0 Å². The lowest BCUT2D eigenvalue weighted by Gasteiger charge is -2.28. The zero-order valence-electron chi connectivity index (χ0n) is 5.41. The van der Waals surface area contributed by atoms with E-state index in [-0.39, 0.29) is 0 Å². The molecule has 9 nitrogen and oxygen atoms in total. The Hall–Kier alpha value is 0.450. The fourth-order valence-electron chi connectivity index (χ4n) is 0.618. The zero-order chi connectivity index (χ0) is 9.62. The lowest BCUT2D eigenvalue weighted by molar-refractivity contribution is 0.416. The minimum Gasteiger partial charge on any atom is -0.321 e. The van der Waals surface area contributed by atoms with Crippen LogP contribution in [0.4, 0.5) is 0 Å². The molecule has 0 unspecified atom stereocenters. The lowest BCUT2D eigenvalue weighted by atomic mass is 13.8. The molecule has 1 fully saturated rings. The molecule has 1 aliphatic heterocycles. The van der Waals surface area contributed by atoms with Crippen molar-refractivity contribution in [3.63, 3.8) is 0 Å². The molecule has 0 aromatic heterocycles. The van der Waals surface area contributed by atoms with Gasteiger partial charge in [0.25, 0.3) is 0 Å². The van der Waals surface area contributed by atoms with Crippen LogP contribution in [0.15, 0.2) is 0 Å². The van der Waals surface area contributed by atoms with Crippen LogP contribution in [0.2, 0.25) is 0 Å². The third-order valence-corrected chi connectivity index (χ3v) is 7.32. The molecule has 0 radical (unpaired) electrons. The molecule has 1 rings (SSSR count). The van der Waals surface area contributed by atoms with Gasteiger partial charge in [0.1, 0.15) is 0 Å². The second kappa shape index (κ2) is 2.72. The molecule has 0 spiro atoms. The van der Waals surface area contributed by atoms with Crippen LogP contribution in [0.3, 0.4) is 0 Å². The third-order valence-electron chi connectivity index (χ3n) is 0.813. The summed E-state index contributed by atoms with van der Waals surface area (Å²) in [5, 5.41) is 0. The van der Waals surface area contributed by atoms with Gasteiger partial charge in [-0.15, -0.1) is 14.6 Å². The van der Waals surface area contributed by atoms with E-state index in [1.54, 1.807) is 0 Å². The summed E-state index contributed by atoms with van der Waals surface area (Å²) >= 11 is 0. The van der Waals surface area contributed by atoms with Gasteiger partial charge in [0, 0.05) is 0 Å². The highest BCUT2D eigenvalue weighted by molar-refractivity contribution is 7.84. The maximum absolute atomic E-state index is 10.7. The van der Waals surface area contributed by atoms with Crippen LogP contribution >= 0.6 is 23.0 Å². The molecule has 12 heavy (non-hydrogen) atoms. The highest BCUT2D eigenvalue weighted by Gasteiger charge is 2.45. The predicted molar refractivity (Wildman–Crippen MR) is 38.9 cm³/mol. The Morgan fingerprint density at radius 1 is 0.667 bits per heavy atom. The zero-order valence-corrected chi connectivity index (χ0v) is 8.09. The summed E-state index contributed by atoms with van der Waals surface area (Å²) in [6, 6.07) is 0. The number of hydrogen-bond acceptors (Lipinski definition) is 3. The van der Waals surface area contributed by atoms with E-state index in [2.05, 4.69) is 0 Å². The van der Waals surface area contributed by atoms with Gasteiger partial charge in [-0.25, -0.2) is 0 Å². The molecule has 0 bridgehead atoms. The lowest BCUT2D eigenvalue weighted by Crippen LogP contribution is -2.33. The van der Waals surface area contributed by atoms with E-state index in [9.17, 15) is 13.7 Å². The number of rotatable bonds is 0. The van der Waals surface area contributed by atoms with Gasteiger partial charge in [-0.1, -0.05) is 0 Å². The van der Waals surface area contributed by atoms with Crippen molar-refractivity contribution in [2.45, 2.75) is 0 Å². The SMILES string of the molecule is O=P1(O)NP(=O)(O)NP(=O)(O)N1. The first kappa shape index (κ1) is 10.5. The van der Waals surface area contributed by atoms with E-state index in [1.165, 1.54) is 14.6 Å². The van der Waals surface area contributed by atoms with Crippen molar-refractivity contribution in [3.8, 4) is 0 Å². The summed E-state index contributed by atoms with van der Waals surface area (Å²) in [6.07, 6.45) is 0. The Morgan fingerprint density at radius 2 is 0.833 bits per heavy atom. The van der Waals surface area contributed by atoms with Gasteiger partial charge in [-0.3, -0.25) is 13.7 Å². The van der Waals surface area contributed by atoms with Crippen molar-refractivity contribution in [1.29, 1.82) is 0 Å². The molecule has 1 heterocycles. The highest BCUT2D eigenvalue weighted by atomic mass is 31.3. The first-order valence-electron chi connectivity index (χ1n) is 2.49. The first-order chi connectivity index (χ1) is 5.12. The summed E-state index contributed by atoms with van der Waals surface area (Å²) in [5.41, 5.74) is 0. The van der Waals surface area contributed by atoms with Crippen LogP contribution in [0.25, 0.3) is 0 Å². The molecule has 12 heteroatoms. The molecule has 1 saturated heterocycles. The number of hydrogen-bond donors (Lipinski definition) is 6. The van der Waals surface area contributed by atoms with E-state index in [0.29, 0.717) is 0 Å². The van der Waals surface area contributed by atoms with Crippen LogP contribution in [-0.2, 0) is 13.7 Å². The van der Waals surface area contributed by atoms with Crippen LogP contribution in [0, 0.1) is 0 Å². The van der Waals surface area contributed by atoms with Crippen molar-refractivity contribution in [3.05, 3.63) is 0 Å². The molecule has 0 saturated carbocycles. The maximum Gasteiger partial charge on any atom is 0.355 e. The van der Waals surface area contributed by atoms with Gasteiger partial charge < -0.3 is 14.7 Å². The van der Waals surface area contributed by atoms with Gasteiger partial charge >= 0.3 is 23.0 Å². The summed E-state index contributed by atoms with van der Waals surface area (Å²) < 4.78 is 32.1. The smallest absolute Gasteiger partial charge is 0.321 e. The second-order valence-electron chi connectivity index (χ2n) is 2.03. The van der Waals surface area contributed by atoms with E-state index in [1.807, 2.05) is 0 Å². The van der Waals surface area contributed by atoms with E-state index in [4.69, 9.17) is 14.7 Å². The van der Waals surface area contributed by atoms with Crippen molar-refractivity contribution in [2.24, 2.45) is 0 Å². The van der Waals surface area contributed by atoms with Crippen LogP contribution in [-0.4, -0.2) is 14.7 Å². The fraction of sp³-hybridized carbons (Fsp3) is 0. The normalized spacial score (nSPS) is 55.2. The minimum absolute atomic E-state index is 1.36. The maximum atomic E-state index is 10.7. The minimum atomic E-state index is -4.42. The van der Waals surface area contributed by atoms with Crippen molar-refractivity contribution < 1.29 is 28.4 Å². The highest BCUT2D eigenvalue weighted by Crippen LogP contribution is 2.61. The summed E-state index contributed by atoms with van der Waals surface area (Å²) in [6.45, 7) is 0. The van der Waals surface area contributed by atoms with Crippen LogP contribution in [0.5, 0.6) is 0 Å². The van der Waals surface area contributed by atoms with E-state index in [0.717, 1.165) is 0 Å². The quantitative estimate of drug-likeness (QED) is 0.294. The van der Waals surface area contributed by atoms with Gasteiger partial charge in [0.15, 0.2) is 0 Å². The fourth-order valence-corrected chi connectivity index (χ4v) is 6.77. The Morgan fingerprint density at radius 3 is 1.00 bits per heavy atom. The topological polar surface area (TPSA) is 148 Å². The summed E-state index contributed by atoms with van der Waals surface area (Å²) in [4.78, 5) is 30.1. The van der Waals surface area contributed by atoms with Gasteiger partial charge in [-0.05, 0) is 0 Å². The monoisotopic (exact) mass is 237 g/mol. The number of nitrogens with one attached hydrogen (secondary N) is 3. The van der Waals surface area contributed by atoms with Crippen molar-refractivity contribution in [1.82, 2.24) is 14.6 Å². The Bertz CT molecular complexity index is 263. The molecule has 6 N–H and O–H groups in total. The molecule has 72 valence electrons. The average molecular weight is 237 g/mol. The standard InChI is InChI=1S/H6N3O6P3/c4-10(5)1-11(6,7)3-12(8,9)2-10/h(H6,1,2,3,4,5,6,7,8,9). The average Bonchev–Trinajstić information content (AvgIpc) is 1.44. The molecular formula is H6N3O6P3. The Balaban J connectivity index is 3.05. The second-order valence-corrected chi connectivity index (χ2v) is 7.88. The van der Waals surface area contributed by atoms with Crippen molar-refractivity contribution in [2.75, 3.05) is 0 Å². The third kappa shape index (κ3) is 2.74. The van der Waals surface area contributed by atoms with Gasteiger partial charge in [-0.2, -0.15) is 0 Å². The predicted octanol–water partition coefficient (Wildman–Crippen LogP) is -0.930. The Labute approximate surface area is 66.9 Å². The molecule has 0 aromatic carbocycles. The summed E-state index contributed by atoms with van der Waals surface area (Å²) in [5.74, 6) is 0. The molecule has 0 aliphatic carbocycles. The molecule has 1 aliphatic rings. The van der Waals surface area contributed by atoms with Crippen LogP contribution < -0.4 is 14.6 Å². The van der Waals surface area contributed by atoms with Gasteiger partial charge in [0.05, 0.1) is 0 Å². The Kier molecular flexibility index (Phi) is 2.38. The molecular weight excluding hydrogens is 231 g/mol. The summed E-state index contributed by atoms with van der Waals surface area (Å²) in [7, 11) is -13.3. The molecule has 0 atom stereocenters. The van der Waals surface area contributed by atoms with Gasteiger partial charge in [0.2, 0.25) is 0 Å². The molecule has 0 aromatic rings. The van der Waals surface area contributed by atoms with Crippen LogP contribution in [0.1, 0.15) is 0 Å². The van der Waals surface area contributed by atoms with Crippen molar-refractivity contribution >= 4 is 23.0 Å². The molecule has 0 amide bonds. The largest absolute Gasteiger partial charge is 0.355 e. The van der Waals surface area contributed by atoms with E-state index >= 15 is 0 Å².